The zero-order valence-electron chi connectivity index (χ0n) is 12.4. The summed E-state index contributed by atoms with van der Waals surface area (Å²) >= 11 is 10.2. The third-order valence-corrected chi connectivity index (χ3v) is 5.71. The lowest BCUT2D eigenvalue weighted by Gasteiger charge is -2.21. The van der Waals surface area contributed by atoms with Gasteiger partial charge in [-0.2, -0.15) is 5.10 Å². The SMILES string of the molecule is Cn1nc(Cl)c(C2=NOCC(CI)O2)c1SCc1ccccc1. The molecule has 0 saturated heterocycles. The summed E-state index contributed by atoms with van der Waals surface area (Å²) in [5, 5.41) is 9.61. The molecule has 5 nitrogen and oxygen atoms in total. The number of aromatic nitrogens is 2. The molecule has 1 aromatic carbocycles. The van der Waals surface area contributed by atoms with E-state index in [4.69, 9.17) is 21.2 Å². The summed E-state index contributed by atoms with van der Waals surface area (Å²) in [7, 11) is 1.86. The summed E-state index contributed by atoms with van der Waals surface area (Å²) in [6, 6.07) is 10.2. The van der Waals surface area contributed by atoms with E-state index in [0.29, 0.717) is 23.2 Å². The van der Waals surface area contributed by atoms with Crippen LogP contribution in [0.5, 0.6) is 0 Å². The smallest absolute Gasteiger partial charge is 0.264 e. The van der Waals surface area contributed by atoms with Crippen LogP contribution in [0.1, 0.15) is 11.1 Å². The van der Waals surface area contributed by atoms with E-state index in [1.54, 1.807) is 16.4 Å². The average molecular weight is 464 g/mol. The number of benzene rings is 1. The van der Waals surface area contributed by atoms with Crippen LogP contribution in [0.15, 0.2) is 40.5 Å². The maximum Gasteiger partial charge on any atom is 0.264 e. The maximum absolute atomic E-state index is 6.29. The summed E-state index contributed by atoms with van der Waals surface area (Å²) < 4.78 is 8.45. The van der Waals surface area contributed by atoms with Crippen LogP contribution >= 0.6 is 46.0 Å². The molecule has 1 aliphatic rings. The lowest BCUT2D eigenvalue weighted by molar-refractivity contribution is 0.0229. The standard InChI is InChI=1S/C15H15ClIN3O2S/c1-20-15(23-9-10-5-3-2-4-6-10)12(13(16)18-20)14-19-21-8-11(7-17)22-14/h2-6,11H,7-9H2,1H3. The monoisotopic (exact) mass is 463 g/mol. The van der Waals surface area contributed by atoms with E-state index < -0.39 is 0 Å². The van der Waals surface area contributed by atoms with Crippen molar-refractivity contribution in [2.75, 3.05) is 11.0 Å². The van der Waals surface area contributed by atoms with E-state index in [0.717, 1.165) is 15.2 Å². The van der Waals surface area contributed by atoms with Crippen molar-refractivity contribution in [1.82, 2.24) is 9.78 Å². The molecule has 0 amide bonds. The van der Waals surface area contributed by atoms with E-state index in [1.165, 1.54) is 5.56 Å². The van der Waals surface area contributed by atoms with Crippen molar-refractivity contribution in [3.8, 4) is 0 Å². The second kappa shape index (κ2) is 7.76. The van der Waals surface area contributed by atoms with Crippen molar-refractivity contribution in [2.24, 2.45) is 12.2 Å². The Balaban J connectivity index is 1.84. The Bertz CT molecular complexity index is 708. The molecule has 1 atom stereocenters. The average Bonchev–Trinajstić information content (AvgIpc) is 2.87. The summed E-state index contributed by atoms with van der Waals surface area (Å²) in [6.07, 6.45) is -0.0219. The highest BCUT2D eigenvalue weighted by Gasteiger charge is 2.27. The highest BCUT2D eigenvalue weighted by atomic mass is 127. The minimum atomic E-state index is -0.0219. The molecule has 0 N–H and O–H groups in total. The molecule has 8 heteroatoms. The molecule has 2 aromatic rings. The Morgan fingerprint density at radius 1 is 1.39 bits per heavy atom. The fraction of sp³-hybridized carbons (Fsp3) is 0.333. The minimum absolute atomic E-state index is 0.0219. The first-order valence-electron chi connectivity index (χ1n) is 7.01. The molecule has 0 fully saturated rings. The molecule has 0 saturated carbocycles. The van der Waals surface area contributed by atoms with Crippen LogP contribution in [-0.2, 0) is 22.4 Å². The summed E-state index contributed by atoms with van der Waals surface area (Å²) in [5.41, 5.74) is 1.93. The van der Waals surface area contributed by atoms with Crippen LogP contribution in [0.3, 0.4) is 0 Å². The first-order valence-corrected chi connectivity index (χ1v) is 9.90. The fourth-order valence-electron chi connectivity index (χ4n) is 2.12. The Labute approximate surface area is 157 Å². The number of oxime groups is 1. The second-order valence-corrected chi connectivity index (χ2v) is 7.16. The molecular weight excluding hydrogens is 449 g/mol. The summed E-state index contributed by atoms with van der Waals surface area (Å²) in [6.45, 7) is 0.455. The van der Waals surface area contributed by atoms with Crippen molar-refractivity contribution in [2.45, 2.75) is 16.9 Å². The Hall–Kier alpha value is -0.930. The van der Waals surface area contributed by atoms with Crippen LogP contribution in [-0.4, -0.2) is 32.8 Å². The molecule has 1 aromatic heterocycles. The van der Waals surface area contributed by atoms with Gasteiger partial charge in [0.2, 0.25) is 0 Å². The molecule has 3 rings (SSSR count). The van der Waals surface area contributed by atoms with E-state index in [-0.39, 0.29) is 6.10 Å². The number of ether oxygens (including phenoxy) is 1. The normalized spacial score (nSPS) is 17.3. The number of nitrogens with zero attached hydrogens (tertiary/aromatic N) is 3. The van der Waals surface area contributed by atoms with Gasteiger partial charge in [0.25, 0.3) is 5.90 Å². The molecule has 23 heavy (non-hydrogen) atoms. The highest BCUT2D eigenvalue weighted by Crippen LogP contribution is 2.32. The van der Waals surface area contributed by atoms with E-state index in [2.05, 4.69) is 45.0 Å². The van der Waals surface area contributed by atoms with Gasteiger partial charge in [-0.05, 0) is 10.7 Å². The fourth-order valence-corrected chi connectivity index (χ4v) is 3.95. The minimum Gasteiger partial charge on any atom is -0.467 e. The Morgan fingerprint density at radius 3 is 2.91 bits per heavy atom. The lowest BCUT2D eigenvalue weighted by atomic mass is 10.2. The topological polar surface area (TPSA) is 48.6 Å². The molecule has 0 aliphatic carbocycles. The molecule has 0 radical (unpaired) electrons. The van der Waals surface area contributed by atoms with Crippen LogP contribution in [0.25, 0.3) is 0 Å². The van der Waals surface area contributed by atoms with E-state index >= 15 is 0 Å². The predicted molar refractivity (Wildman–Crippen MR) is 100 cm³/mol. The molecular formula is C15H15ClIN3O2S. The highest BCUT2D eigenvalue weighted by molar-refractivity contribution is 14.1. The maximum atomic E-state index is 6.29. The van der Waals surface area contributed by atoms with Crippen molar-refractivity contribution in [1.29, 1.82) is 0 Å². The van der Waals surface area contributed by atoms with E-state index in [1.807, 2.05) is 25.2 Å². The van der Waals surface area contributed by atoms with E-state index in [9.17, 15) is 0 Å². The van der Waals surface area contributed by atoms with Gasteiger partial charge in [-0.1, -0.05) is 64.5 Å². The van der Waals surface area contributed by atoms with Gasteiger partial charge in [0.15, 0.2) is 11.8 Å². The third-order valence-electron chi connectivity index (χ3n) is 3.24. The van der Waals surface area contributed by atoms with Crippen LogP contribution < -0.4 is 0 Å². The van der Waals surface area contributed by atoms with Gasteiger partial charge in [0.05, 0.1) is 0 Å². The number of thioether (sulfide) groups is 1. The summed E-state index contributed by atoms with van der Waals surface area (Å²) in [4.78, 5) is 5.28. The lowest BCUT2D eigenvalue weighted by Crippen LogP contribution is -2.29. The zero-order valence-corrected chi connectivity index (χ0v) is 16.1. The summed E-state index contributed by atoms with van der Waals surface area (Å²) in [5.74, 6) is 1.22. The number of hydrogen-bond acceptors (Lipinski definition) is 5. The molecule has 122 valence electrons. The van der Waals surface area contributed by atoms with Crippen LogP contribution in [0, 0.1) is 0 Å². The zero-order chi connectivity index (χ0) is 16.2. The van der Waals surface area contributed by atoms with Crippen LogP contribution in [0.4, 0.5) is 0 Å². The van der Waals surface area contributed by atoms with Gasteiger partial charge in [-0.3, -0.25) is 4.68 Å². The van der Waals surface area contributed by atoms with Crippen LogP contribution in [0.2, 0.25) is 5.15 Å². The molecule has 2 heterocycles. The first kappa shape index (κ1) is 16.9. The molecule has 1 aliphatic heterocycles. The van der Waals surface area contributed by atoms with Gasteiger partial charge < -0.3 is 9.57 Å². The molecule has 0 spiro atoms. The van der Waals surface area contributed by atoms with Gasteiger partial charge in [0.1, 0.15) is 16.7 Å². The molecule has 0 bridgehead atoms. The number of aryl methyl sites for hydroxylation is 1. The van der Waals surface area contributed by atoms with Crippen molar-refractivity contribution >= 4 is 51.9 Å². The quantitative estimate of drug-likeness (QED) is 0.384. The molecule has 1 unspecified atom stereocenters. The van der Waals surface area contributed by atoms with Gasteiger partial charge in [-0.25, -0.2) is 0 Å². The number of alkyl halides is 1. The van der Waals surface area contributed by atoms with Gasteiger partial charge in [0, 0.05) is 17.2 Å². The van der Waals surface area contributed by atoms with Crippen molar-refractivity contribution < 1.29 is 9.57 Å². The number of hydrogen-bond donors (Lipinski definition) is 0. The van der Waals surface area contributed by atoms with Gasteiger partial charge in [-0.15, -0.1) is 11.8 Å². The van der Waals surface area contributed by atoms with Gasteiger partial charge >= 0.3 is 0 Å². The number of rotatable bonds is 5. The largest absolute Gasteiger partial charge is 0.467 e. The Morgan fingerprint density at radius 2 is 2.17 bits per heavy atom. The van der Waals surface area contributed by atoms with Crippen molar-refractivity contribution in [3.63, 3.8) is 0 Å². The second-order valence-electron chi connectivity index (χ2n) is 4.96. The number of halogens is 2. The Kier molecular flexibility index (Phi) is 5.71. The van der Waals surface area contributed by atoms with Crippen molar-refractivity contribution in [3.05, 3.63) is 46.6 Å². The third kappa shape index (κ3) is 3.95. The predicted octanol–water partition coefficient (Wildman–Crippen LogP) is 3.88. The first-order chi connectivity index (χ1) is 11.2.